The molecule has 0 bridgehead atoms. The highest BCUT2D eigenvalue weighted by Gasteiger charge is 2.31. The number of nitrogens with one attached hydrogen (secondary N) is 1. The average molecular weight is 363 g/mol. The SMILES string of the molecule is CC(C)(C)c1ccc(-n2cc(CNC3=C(Cl)C(=O)OC3O)nn2)cc1. The Bertz CT molecular complexity index is 821. The van der Waals surface area contributed by atoms with E-state index in [4.69, 9.17) is 11.6 Å². The third-order valence-electron chi connectivity index (χ3n) is 3.88. The molecule has 0 saturated carbocycles. The first-order valence-corrected chi connectivity index (χ1v) is 8.18. The number of hydrogen-bond acceptors (Lipinski definition) is 6. The zero-order valence-corrected chi connectivity index (χ0v) is 14.9. The first-order valence-electron chi connectivity index (χ1n) is 7.80. The molecule has 25 heavy (non-hydrogen) atoms. The van der Waals surface area contributed by atoms with Crippen molar-refractivity contribution < 1.29 is 14.6 Å². The summed E-state index contributed by atoms with van der Waals surface area (Å²) in [5.74, 6) is -0.751. The van der Waals surface area contributed by atoms with E-state index < -0.39 is 12.3 Å². The Labute approximate surface area is 150 Å². The number of carbonyl (C=O) groups excluding carboxylic acids is 1. The summed E-state index contributed by atoms with van der Waals surface area (Å²) in [6.07, 6.45) is 0.386. The zero-order chi connectivity index (χ0) is 18.2. The predicted octanol–water partition coefficient (Wildman–Crippen LogP) is 1.98. The molecule has 2 heterocycles. The summed E-state index contributed by atoms with van der Waals surface area (Å²) in [6, 6.07) is 8.10. The second kappa shape index (κ2) is 6.50. The molecule has 132 valence electrons. The molecule has 0 amide bonds. The van der Waals surface area contributed by atoms with E-state index in [0.29, 0.717) is 5.69 Å². The fourth-order valence-corrected chi connectivity index (χ4v) is 2.61. The number of nitrogens with zero attached hydrogens (tertiary/aromatic N) is 3. The Balaban J connectivity index is 1.70. The van der Waals surface area contributed by atoms with Crippen LogP contribution in [0.3, 0.4) is 0 Å². The van der Waals surface area contributed by atoms with Crippen molar-refractivity contribution in [1.29, 1.82) is 0 Å². The number of cyclic esters (lactones) is 1. The van der Waals surface area contributed by atoms with Crippen LogP contribution in [-0.4, -0.2) is 32.4 Å². The molecule has 0 aliphatic carbocycles. The van der Waals surface area contributed by atoms with Crippen LogP contribution >= 0.6 is 11.6 Å². The van der Waals surface area contributed by atoms with Crippen LogP contribution < -0.4 is 5.32 Å². The van der Waals surface area contributed by atoms with Gasteiger partial charge in [0.25, 0.3) is 0 Å². The van der Waals surface area contributed by atoms with Crippen LogP contribution in [0.4, 0.5) is 0 Å². The smallest absolute Gasteiger partial charge is 0.354 e. The summed E-state index contributed by atoms with van der Waals surface area (Å²) in [5.41, 5.74) is 2.98. The third kappa shape index (κ3) is 3.67. The first kappa shape index (κ1) is 17.4. The monoisotopic (exact) mass is 362 g/mol. The molecule has 0 spiro atoms. The zero-order valence-electron chi connectivity index (χ0n) is 14.2. The summed E-state index contributed by atoms with van der Waals surface area (Å²) >= 11 is 5.78. The minimum Gasteiger partial charge on any atom is -0.425 e. The van der Waals surface area contributed by atoms with Crippen LogP contribution in [0.15, 0.2) is 41.2 Å². The summed E-state index contributed by atoms with van der Waals surface area (Å²) in [4.78, 5) is 11.2. The maximum Gasteiger partial charge on any atom is 0.354 e. The predicted molar refractivity (Wildman–Crippen MR) is 91.9 cm³/mol. The van der Waals surface area contributed by atoms with Crippen molar-refractivity contribution in [2.75, 3.05) is 0 Å². The van der Waals surface area contributed by atoms with Gasteiger partial charge in [0.15, 0.2) is 5.03 Å². The van der Waals surface area contributed by atoms with Crippen molar-refractivity contribution in [2.45, 2.75) is 39.0 Å². The number of ether oxygens (including phenoxy) is 1. The average Bonchev–Trinajstić information content (AvgIpc) is 3.11. The molecular weight excluding hydrogens is 344 g/mol. The minimum atomic E-state index is -1.38. The van der Waals surface area contributed by atoms with E-state index in [0.717, 1.165) is 5.69 Å². The molecule has 1 atom stereocenters. The van der Waals surface area contributed by atoms with Crippen molar-refractivity contribution >= 4 is 17.6 Å². The first-order chi connectivity index (χ1) is 11.8. The standard InChI is InChI=1S/C17H19ClN4O3/c1-17(2,3)10-4-6-12(7-5-10)22-9-11(20-21-22)8-19-14-13(18)15(23)25-16(14)24/h4-7,9,16,19,24H,8H2,1-3H3. The van der Waals surface area contributed by atoms with Crippen molar-refractivity contribution in [3.05, 3.63) is 52.4 Å². The van der Waals surface area contributed by atoms with E-state index in [1.807, 2.05) is 12.1 Å². The number of benzene rings is 1. The molecule has 1 aromatic heterocycles. The van der Waals surface area contributed by atoms with Gasteiger partial charge in [0, 0.05) is 0 Å². The molecule has 2 N–H and O–H groups in total. The number of hydrogen-bond donors (Lipinski definition) is 2. The quantitative estimate of drug-likeness (QED) is 0.808. The number of esters is 1. The van der Waals surface area contributed by atoms with E-state index in [2.05, 4.69) is 53.3 Å². The number of aliphatic hydroxyl groups is 1. The van der Waals surface area contributed by atoms with Crippen LogP contribution in [0.25, 0.3) is 5.69 Å². The van der Waals surface area contributed by atoms with Gasteiger partial charge in [-0.25, -0.2) is 9.48 Å². The summed E-state index contributed by atoms with van der Waals surface area (Å²) in [7, 11) is 0. The van der Waals surface area contributed by atoms with Crippen LogP contribution in [0, 0.1) is 0 Å². The fourth-order valence-electron chi connectivity index (χ4n) is 2.40. The lowest BCUT2D eigenvalue weighted by Gasteiger charge is -2.19. The Hall–Kier alpha value is -2.38. The Morgan fingerprint density at radius 2 is 2.00 bits per heavy atom. The van der Waals surface area contributed by atoms with Crippen molar-refractivity contribution in [1.82, 2.24) is 20.3 Å². The van der Waals surface area contributed by atoms with Gasteiger partial charge in [0.1, 0.15) is 11.4 Å². The highest BCUT2D eigenvalue weighted by Crippen LogP contribution is 2.24. The third-order valence-corrected chi connectivity index (χ3v) is 4.24. The molecule has 0 radical (unpaired) electrons. The second-order valence-corrected chi connectivity index (χ2v) is 7.17. The highest BCUT2D eigenvalue weighted by molar-refractivity contribution is 6.42. The molecule has 1 aromatic carbocycles. The molecule has 0 fully saturated rings. The van der Waals surface area contributed by atoms with Crippen LogP contribution in [0.5, 0.6) is 0 Å². The van der Waals surface area contributed by atoms with Crippen LogP contribution in [-0.2, 0) is 21.5 Å². The molecule has 1 aliphatic rings. The Morgan fingerprint density at radius 3 is 2.56 bits per heavy atom. The topological polar surface area (TPSA) is 89.3 Å². The van der Waals surface area contributed by atoms with Gasteiger partial charge in [-0.2, -0.15) is 0 Å². The van der Waals surface area contributed by atoms with E-state index in [9.17, 15) is 9.90 Å². The number of rotatable bonds is 4. The van der Waals surface area contributed by atoms with Gasteiger partial charge in [-0.05, 0) is 23.1 Å². The van der Waals surface area contributed by atoms with E-state index >= 15 is 0 Å². The molecule has 7 nitrogen and oxygen atoms in total. The van der Waals surface area contributed by atoms with E-state index in [1.54, 1.807) is 10.9 Å². The van der Waals surface area contributed by atoms with Gasteiger partial charge in [-0.1, -0.05) is 49.7 Å². The molecule has 1 unspecified atom stereocenters. The lowest BCUT2D eigenvalue weighted by molar-refractivity contribution is -0.151. The largest absolute Gasteiger partial charge is 0.425 e. The van der Waals surface area contributed by atoms with Crippen molar-refractivity contribution in [2.24, 2.45) is 0 Å². The minimum absolute atomic E-state index is 0.0879. The molecule has 1 aliphatic heterocycles. The second-order valence-electron chi connectivity index (χ2n) is 6.79. The van der Waals surface area contributed by atoms with Gasteiger partial charge < -0.3 is 15.2 Å². The molecule has 2 aromatic rings. The number of halogens is 1. The van der Waals surface area contributed by atoms with Gasteiger partial charge in [0.05, 0.1) is 18.4 Å². The normalized spacial score (nSPS) is 17.8. The Morgan fingerprint density at radius 1 is 1.32 bits per heavy atom. The highest BCUT2D eigenvalue weighted by atomic mass is 35.5. The summed E-state index contributed by atoms with van der Waals surface area (Å²) in [6.45, 7) is 6.73. The lowest BCUT2D eigenvalue weighted by Crippen LogP contribution is -2.22. The van der Waals surface area contributed by atoms with Crippen LogP contribution in [0.1, 0.15) is 32.0 Å². The molecule has 3 rings (SSSR count). The summed E-state index contributed by atoms with van der Waals surface area (Å²) < 4.78 is 6.25. The van der Waals surface area contributed by atoms with Crippen molar-refractivity contribution in [3.63, 3.8) is 0 Å². The number of aliphatic hydroxyl groups excluding tert-OH is 1. The molecular formula is C17H19ClN4O3. The van der Waals surface area contributed by atoms with Gasteiger partial charge in [-0.15, -0.1) is 5.10 Å². The van der Waals surface area contributed by atoms with Gasteiger partial charge in [0.2, 0.25) is 6.29 Å². The fraction of sp³-hybridized carbons (Fsp3) is 0.353. The summed E-state index contributed by atoms with van der Waals surface area (Å²) in [5, 5.41) is 20.5. The lowest BCUT2D eigenvalue weighted by atomic mass is 9.87. The maximum atomic E-state index is 11.2. The maximum absolute atomic E-state index is 11.2. The van der Waals surface area contributed by atoms with E-state index in [-0.39, 0.29) is 22.7 Å². The van der Waals surface area contributed by atoms with E-state index in [1.165, 1.54) is 5.56 Å². The van der Waals surface area contributed by atoms with Gasteiger partial charge in [-0.3, -0.25) is 0 Å². The van der Waals surface area contributed by atoms with Crippen LogP contribution in [0.2, 0.25) is 0 Å². The molecule has 0 saturated heterocycles. The van der Waals surface area contributed by atoms with Gasteiger partial charge >= 0.3 is 5.97 Å². The molecule has 8 heteroatoms. The number of carbonyl (C=O) groups is 1. The van der Waals surface area contributed by atoms with Crippen molar-refractivity contribution in [3.8, 4) is 5.69 Å². The Kier molecular flexibility index (Phi) is 4.53. The number of aromatic nitrogens is 3.